The molecular formula is C20H25N3O7. The van der Waals surface area contributed by atoms with Crippen LogP contribution in [0.2, 0.25) is 0 Å². The normalized spacial score (nSPS) is 10.6. The monoisotopic (exact) mass is 419 g/mol. The maximum absolute atomic E-state index is 12.6. The van der Waals surface area contributed by atoms with Crippen LogP contribution in [-0.2, 0) is 36.9 Å². The van der Waals surface area contributed by atoms with Crippen LogP contribution in [0, 0.1) is 0 Å². The number of aromatic nitrogens is 2. The molecule has 0 saturated carbocycles. The lowest BCUT2D eigenvalue weighted by molar-refractivity contribution is -0.149. The molecule has 0 aliphatic carbocycles. The summed E-state index contributed by atoms with van der Waals surface area (Å²) in [6.45, 7) is 3.12. The Morgan fingerprint density at radius 1 is 1.00 bits per heavy atom. The summed E-state index contributed by atoms with van der Waals surface area (Å²) in [4.78, 5) is 60.1. The Labute approximate surface area is 172 Å². The third-order valence-electron chi connectivity index (χ3n) is 4.29. The maximum Gasteiger partial charge on any atom is 0.332 e. The molecule has 1 amide bonds. The molecule has 1 heterocycles. The molecule has 30 heavy (non-hydrogen) atoms. The Balaban J connectivity index is 1.95. The Hall–Kier alpha value is -3.43. The fraction of sp³-hybridized carbons (Fsp3) is 0.450. The van der Waals surface area contributed by atoms with Gasteiger partial charge in [-0.2, -0.15) is 0 Å². The van der Waals surface area contributed by atoms with Crippen LogP contribution in [0.1, 0.15) is 26.7 Å². The van der Waals surface area contributed by atoms with Gasteiger partial charge in [0.15, 0.2) is 6.61 Å². The third-order valence-corrected chi connectivity index (χ3v) is 4.29. The lowest BCUT2D eigenvalue weighted by Crippen LogP contribution is -2.41. The van der Waals surface area contributed by atoms with E-state index in [1.807, 2.05) is 0 Å². The second-order valence-electron chi connectivity index (χ2n) is 6.35. The molecule has 0 saturated heterocycles. The number of benzene rings is 1. The molecule has 10 heteroatoms. The Kier molecular flexibility index (Phi) is 8.33. The highest BCUT2D eigenvalue weighted by Crippen LogP contribution is 2.07. The van der Waals surface area contributed by atoms with Crippen molar-refractivity contribution in [3.05, 3.63) is 45.1 Å². The van der Waals surface area contributed by atoms with E-state index in [0.29, 0.717) is 23.9 Å². The average Bonchev–Trinajstić information content (AvgIpc) is 2.73. The van der Waals surface area contributed by atoms with Crippen LogP contribution in [-0.4, -0.2) is 46.7 Å². The SMILES string of the molecule is CCOC(=O)CCCNC(=O)COC(=O)Cn1c(=O)n(CC)c(=O)c2ccccc21. The zero-order chi connectivity index (χ0) is 22.1. The van der Waals surface area contributed by atoms with Gasteiger partial charge >= 0.3 is 17.6 Å². The molecule has 162 valence electrons. The van der Waals surface area contributed by atoms with Crippen molar-refractivity contribution in [1.82, 2.24) is 14.5 Å². The predicted octanol–water partition coefficient (Wildman–Crippen LogP) is 0.186. The molecule has 0 radical (unpaired) electrons. The number of esters is 2. The number of carbonyl (C=O) groups is 3. The summed E-state index contributed by atoms with van der Waals surface area (Å²) >= 11 is 0. The van der Waals surface area contributed by atoms with Crippen LogP contribution in [0.25, 0.3) is 10.9 Å². The number of nitrogens with zero attached hydrogens (tertiary/aromatic N) is 2. The van der Waals surface area contributed by atoms with Crippen molar-refractivity contribution >= 4 is 28.7 Å². The highest BCUT2D eigenvalue weighted by Gasteiger charge is 2.16. The Bertz CT molecular complexity index is 1040. The quantitative estimate of drug-likeness (QED) is 0.430. The highest BCUT2D eigenvalue weighted by atomic mass is 16.5. The van der Waals surface area contributed by atoms with E-state index in [-0.39, 0.29) is 25.5 Å². The van der Waals surface area contributed by atoms with Crippen LogP contribution in [0.5, 0.6) is 0 Å². The van der Waals surface area contributed by atoms with Gasteiger partial charge in [-0.1, -0.05) is 12.1 Å². The van der Waals surface area contributed by atoms with Gasteiger partial charge in [-0.05, 0) is 32.4 Å². The molecule has 0 bridgehead atoms. The highest BCUT2D eigenvalue weighted by molar-refractivity contribution is 5.82. The number of hydrogen-bond donors (Lipinski definition) is 1. The van der Waals surface area contributed by atoms with Crippen molar-refractivity contribution in [2.75, 3.05) is 19.8 Å². The molecule has 0 atom stereocenters. The van der Waals surface area contributed by atoms with Crippen molar-refractivity contribution < 1.29 is 23.9 Å². The van der Waals surface area contributed by atoms with Gasteiger partial charge in [0.1, 0.15) is 6.54 Å². The number of hydrogen-bond acceptors (Lipinski definition) is 7. The number of para-hydroxylation sites is 1. The van der Waals surface area contributed by atoms with Gasteiger partial charge in [-0.15, -0.1) is 0 Å². The summed E-state index contributed by atoms with van der Waals surface area (Å²) < 4.78 is 11.9. The van der Waals surface area contributed by atoms with E-state index in [9.17, 15) is 24.0 Å². The van der Waals surface area contributed by atoms with Crippen molar-refractivity contribution in [2.45, 2.75) is 39.8 Å². The first-order chi connectivity index (χ1) is 14.4. The van der Waals surface area contributed by atoms with Crippen LogP contribution in [0.3, 0.4) is 0 Å². The molecule has 0 fully saturated rings. The second kappa shape index (κ2) is 10.9. The standard InChI is InChI=1S/C20H25N3O7/c1-3-22-19(27)14-8-5-6-9-15(14)23(20(22)28)12-18(26)30-13-16(24)21-11-7-10-17(25)29-4-2/h5-6,8-9H,3-4,7,10-13H2,1-2H3,(H,21,24). The topological polar surface area (TPSA) is 126 Å². The average molecular weight is 419 g/mol. The lowest BCUT2D eigenvalue weighted by atomic mass is 10.2. The maximum atomic E-state index is 12.6. The van der Waals surface area contributed by atoms with Crippen molar-refractivity contribution in [2.24, 2.45) is 0 Å². The van der Waals surface area contributed by atoms with E-state index in [4.69, 9.17) is 9.47 Å². The molecule has 2 aromatic rings. The smallest absolute Gasteiger partial charge is 0.332 e. The summed E-state index contributed by atoms with van der Waals surface area (Å²) in [5.41, 5.74) is -0.732. The van der Waals surface area contributed by atoms with E-state index in [1.165, 1.54) is 0 Å². The van der Waals surface area contributed by atoms with E-state index in [2.05, 4.69) is 5.32 Å². The van der Waals surface area contributed by atoms with Gasteiger partial charge in [-0.3, -0.25) is 28.3 Å². The molecule has 10 nitrogen and oxygen atoms in total. The van der Waals surface area contributed by atoms with Gasteiger partial charge in [0.05, 0.1) is 17.5 Å². The lowest BCUT2D eigenvalue weighted by Gasteiger charge is -2.13. The minimum Gasteiger partial charge on any atom is -0.466 e. The van der Waals surface area contributed by atoms with E-state index in [0.717, 1.165) is 9.13 Å². The molecule has 1 aromatic carbocycles. The number of fused-ring (bicyclic) bond motifs is 1. The first-order valence-corrected chi connectivity index (χ1v) is 9.69. The molecule has 0 aliphatic rings. The van der Waals surface area contributed by atoms with Gasteiger partial charge in [-0.25, -0.2) is 4.79 Å². The van der Waals surface area contributed by atoms with Crippen molar-refractivity contribution in [3.63, 3.8) is 0 Å². The van der Waals surface area contributed by atoms with Crippen LogP contribution < -0.4 is 16.6 Å². The second-order valence-corrected chi connectivity index (χ2v) is 6.35. The zero-order valence-corrected chi connectivity index (χ0v) is 17.0. The minimum atomic E-state index is -0.787. The number of ether oxygens (including phenoxy) is 2. The van der Waals surface area contributed by atoms with E-state index in [1.54, 1.807) is 38.1 Å². The van der Waals surface area contributed by atoms with Crippen molar-refractivity contribution in [3.8, 4) is 0 Å². The number of nitrogens with one attached hydrogen (secondary N) is 1. The van der Waals surface area contributed by atoms with Gasteiger partial charge in [0.25, 0.3) is 11.5 Å². The molecule has 1 aromatic heterocycles. The number of rotatable bonds is 10. The number of amides is 1. The fourth-order valence-corrected chi connectivity index (χ4v) is 2.87. The van der Waals surface area contributed by atoms with Gasteiger partial charge in [0, 0.05) is 19.5 Å². The number of carbonyl (C=O) groups excluding carboxylic acids is 3. The Morgan fingerprint density at radius 3 is 2.43 bits per heavy atom. The van der Waals surface area contributed by atoms with Crippen LogP contribution >= 0.6 is 0 Å². The minimum absolute atomic E-state index is 0.158. The van der Waals surface area contributed by atoms with E-state index >= 15 is 0 Å². The molecular weight excluding hydrogens is 394 g/mol. The summed E-state index contributed by atoms with van der Waals surface area (Å²) in [6.07, 6.45) is 0.579. The summed E-state index contributed by atoms with van der Waals surface area (Å²) in [6, 6.07) is 6.47. The third kappa shape index (κ3) is 5.79. The fourth-order valence-electron chi connectivity index (χ4n) is 2.87. The van der Waals surface area contributed by atoms with Crippen molar-refractivity contribution in [1.29, 1.82) is 0 Å². The molecule has 2 rings (SSSR count). The molecule has 0 unspecified atom stereocenters. The summed E-state index contributed by atoms with van der Waals surface area (Å²) in [7, 11) is 0. The summed E-state index contributed by atoms with van der Waals surface area (Å²) in [5, 5.41) is 2.84. The Morgan fingerprint density at radius 2 is 1.73 bits per heavy atom. The largest absolute Gasteiger partial charge is 0.466 e. The first kappa shape index (κ1) is 22.9. The summed E-state index contributed by atoms with van der Waals surface area (Å²) in [5.74, 6) is -1.66. The molecule has 0 spiro atoms. The molecule has 0 aliphatic heterocycles. The predicted molar refractivity (Wildman–Crippen MR) is 108 cm³/mol. The van der Waals surface area contributed by atoms with E-state index < -0.39 is 36.3 Å². The van der Waals surface area contributed by atoms with Crippen LogP contribution in [0.4, 0.5) is 0 Å². The van der Waals surface area contributed by atoms with Gasteiger partial charge in [0.2, 0.25) is 0 Å². The van der Waals surface area contributed by atoms with Crippen LogP contribution in [0.15, 0.2) is 33.9 Å². The zero-order valence-electron chi connectivity index (χ0n) is 17.0. The molecule has 1 N–H and O–H groups in total. The first-order valence-electron chi connectivity index (χ1n) is 9.69. The van der Waals surface area contributed by atoms with Gasteiger partial charge < -0.3 is 14.8 Å².